The minimum atomic E-state index is -0.580. The third-order valence-electron chi connectivity index (χ3n) is 2.68. The van der Waals surface area contributed by atoms with Crippen LogP contribution in [0.3, 0.4) is 0 Å². The molecule has 0 saturated heterocycles. The maximum absolute atomic E-state index is 12.2. The molecule has 0 aliphatic carbocycles. The molecule has 6 nitrogen and oxygen atoms in total. The molecule has 0 saturated carbocycles. The van der Waals surface area contributed by atoms with Gasteiger partial charge in [-0.25, -0.2) is 0 Å². The van der Waals surface area contributed by atoms with Crippen molar-refractivity contribution in [2.45, 2.75) is 13.3 Å². The SMILES string of the molecule is CCOC(=O)CC(=O)c1cc(OC)c(OC)c(OC)c1Br. The Hall–Kier alpha value is -1.76. The molecule has 0 unspecified atom stereocenters. The Balaban J connectivity index is 3.24. The first-order valence-electron chi connectivity index (χ1n) is 6.17. The molecule has 0 aromatic heterocycles. The molecule has 0 N–H and O–H groups in total. The monoisotopic (exact) mass is 360 g/mol. The van der Waals surface area contributed by atoms with Crippen LogP contribution in [0.4, 0.5) is 0 Å². The highest BCUT2D eigenvalue weighted by Gasteiger charge is 2.24. The molecule has 0 amide bonds. The Morgan fingerprint density at radius 1 is 1.10 bits per heavy atom. The van der Waals surface area contributed by atoms with E-state index in [1.165, 1.54) is 27.4 Å². The fourth-order valence-electron chi connectivity index (χ4n) is 1.76. The zero-order valence-corrected chi connectivity index (χ0v) is 13.9. The van der Waals surface area contributed by atoms with Gasteiger partial charge in [0.15, 0.2) is 17.3 Å². The fraction of sp³-hybridized carbons (Fsp3) is 0.429. The first-order chi connectivity index (χ1) is 9.99. The van der Waals surface area contributed by atoms with Gasteiger partial charge in [0.1, 0.15) is 6.42 Å². The average molecular weight is 361 g/mol. The van der Waals surface area contributed by atoms with E-state index in [9.17, 15) is 9.59 Å². The smallest absolute Gasteiger partial charge is 0.313 e. The fourth-order valence-corrected chi connectivity index (χ4v) is 2.44. The van der Waals surface area contributed by atoms with Gasteiger partial charge in [0.2, 0.25) is 5.75 Å². The van der Waals surface area contributed by atoms with Gasteiger partial charge in [-0.15, -0.1) is 0 Å². The van der Waals surface area contributed by atoms with E-state index in [0.29, 0.717) is 21.7 Å². The molecular weight excluding hydrogens is 344 g/mol. The second-order valence-corrected chi connectivity index (χ2v) is 4.70. The van der Waals surface area contributed by atoms with E-state index in [1.807, 2.05) is 0 Å². The lowest BCUT2D eigenvalue weighted by atomic mass is 10.1. The molecule has 0 atom stereocenters. The quantitative estimate of drug-likeness (QED) is 0.422. The van der Waals surface area contributed by atoms with E-state index in [0.717, 1.165) is 0 Å². The molecule has 0 heterocycles. The number of benzene rings is 1. The van der Waals surface area contributed by atoms with Crippen LogP contribution in [0.15, 0.2) is 10.5 Å². The van der Waals surface area contributed by atoms with Crippen molar-refractivity contribution in [3.8, 4) is 17.2 Å². The van der Waals surface area contributed by atoms with Gasteiger partial charge in [-0.3, -0.25) is 9.59 Å². The van der Waals surface area contributed by atoms with Gasteiger partial charge in [-0.1, -0.05) is 0 Å². The molecule has 0 spiro atoms. The number of esters is 1. The van der Waals surface area contributed by atoms with Crippen LogP contribution < -0.4 is 14.2 Å². The Morgan fingerprint density at radius 2 is 1.71 bits per heavy atom. The highest BCUT2D eigenvalue weighted by Crippen LogP contribution is 2.45. The van der Waals surface area contributed by atoms with Crippen molar-refractivity contribution in [2.75, 3.05) is 27.9 Å². The second-order valence-electron chi connectivity index (χ2n) is 3.91. The highest BCUT2D eigenvalue weighted by molar-refractivity contribution is 9.10. The van der Waals surface area contributed by atoms with Crippen LogP contribution in [-0.2, 0) is 9.53 Å². The van der Waals surface area contributed by atoms with Gasteiger partial charge in [0, 0.05) is 5.56 Å². The number of methoxy groups -OCH3 is 3. The number of ether oxygens (including phenoxy) is 4. The Labute approximate surface area is 131 Å². The third kappa shape index (κ3) is 3.87. The van der Waals surface area contributed by atoms with E-state index in [2.05, 4.69) is 15.9 Å². The van der Waals surface area contributed by atoms with Crippen molar-refractivity contribution < 1.29 is 28.5 Å². The predicted molar refractivity (Wildman–Crippen MR) is 79.4 cm³/mol. The Kier molecular flexibility index (Phi) is 6.48. The van der Waals surface area contributed by atoms with Gasteiger partial charge in [0.25, 0.3) is 0 Å². The number of hydrogen-bond donors (Lipinski definition) is 0. The highest BCUT2D eigenvalue weighted by atomic mass is 79.9. The molecule has 0 radical (unpaired) electrons. The summed E-state index contributed by atoms with van der Waals surface area (Å²) < 4.78 is 20.8. The van der Waals surface area contributed by atoms with Gasteiger partial charge >= 0.3 is 5.97 Å². The largest absolute Gasteiger partial charge is 0.493 e. The predicted octanol–water partition coefficient (Wildman–Crippen LogP) is 2.61. The summed E-state index contributed by atoms with van der Waals surface area (Å²) in [7, 11) is 4.36. The second kappa shape index (κ2) is 7.87. The number of ketones is 1. The minimum absolute atomic E-state index is 0.225. The van der Waals surface area contributed by atoms with Crippen LogP contribution in [0, 0.1) is 0 Å². The minimum Gasteiger partial charge on any atom is -0.493 e. The molecule has 0 bridgehead atoms. The van der Waals surface area contributed by atoms with Crippen molar-refractivity contribution in [3.63, 3.8) is 0 Å². The van der Waals surface area contributed by atoms with Crippen LogP contribution in [0.25, 0.3) is 0 Å². The summed E-state index contributed by atoms with van der Waals surface area (Å²) in [5.41, 5.74) is 0.262. The summed E-state index contributed by atoms with van der Waals surface area (Å²) in [5, 5.41) is 0. The van der Waals surface area contributed by atoms with Gasteiger partial charge in [-0.2, -0.15) is 0 Å². The number of hydrogen-bond acceptors (Lipinski definition) is 6. The number of carbonyl (C=O) groups is 2. The Bertz CT molecular complexity index is 541. The van der Waals surface area contributed by atoms with E-state index in [1.54, 1.807) is 6.92 Å². The lowest BCUT2D eigenvalue weighted by Gasteiger charge is -2.16. The molecule has 0 aliphatic heterocycles. The maximum Gasteiger partial charge on any atom is 0.313 e. The summed E-state index contributed by atoms with van der Waals surface area (Å²) in [5.74, 6) is 0.0381. The summed E-state index contributed by atoms with van der Waals surface area (Å²) in [4.78, 5) is 23.6. The van der Waals surface area contributed by atoms with E-state index in [4.69, 9.17) is 18.9 Å². The maximum atomic E-state index is 12.2. The average Bonchev–Trinajstić information content (AvgIpc) is 2.46. The molecule has 1 aromatic carbocycles. The topological polar surface area (TPSA) is 71.1 Å². The summed E-state index contributed by atoms with van der Waals surface area (Å²) >= 11 is 3.29. The molecule has 0 aliphatic rings. The molecule has 1 rings (SSSR count). The lowest BCUT2D eigenvalue weighted by Crippen LogP contribution is -2.12. The van der Waals surface area contributed by atoms with Crippen LogP contribution in [0.5, 0.6) is 17.2 Å². The number of carbonyl (C=O) groups excluding carboxylic acids is 2. The normalized spacial score (nSPS) is 9.95. The molecule has 7 heteroatoms. The molecule has 0 fully saturated rings. The van der Waals surface area contributed by atoms with Crippen molar-refractivity contribution in [1.82, 2.24) is 0 Å². The zero-order valence-electron chi connectivity index (χ0n) is 12.3. The van der Waals surface area contributed by atoms with Crippen LogP contribution in [0.1, 0.15) is 23.7 Å². The first-order valence-corrected chi connectivity index (χ1v) is 6.96. The van der Waals surface area contributed by atoms with Gasteiger partial charge in [-0.05, 0) is 28.9 Å². The molecule has 116 valence electrons. The van der Waals surface area contributed by atoms with E-state index < -0.39 is 11.8 Å². The van der Waals surface area contributed by atoms with E-state index in [-0.39, 0.29) is 18.6 Å². The Morgan fingerprint density at radius 3 is 2.19 bits per heavy atom. The molecule has 21 heavy (non-hydrogen) atoms. The number of Topliss-reactive ketones (excluding diaryl/α,β-unsaturated/α-hetero) is 1. The lowest BCUT2D eigenvalue weighted by molar-refractivity contribution is -0.141. The number of rotatable bonds is 7. The van der Waals surface area contributed by atoms with Crippen molar-refractivity contribution >= 4 is 27.7 Å². The van der Waals surface area contributed by atoms with Crippen molar-refractivity contribution in [3.05, 3.63) is 16.1 Å². The summed E-state index contributed by atoms with van der Waals surface area (Å²) in [6.45, 7) is 1.90. The van der Waals surface area contributed by atoms with E-state index >= 15 is 0 Å². The van der Waals surface area contributed by atoms with Crippen LogP contribution in [0.2, 0.25) is 0 Å². The standard InChI is InChI=1S/C14H17BrO6/c1-5-21-11(17)7-9(16)8-6-10(18-2)13(19-3)14(20-4)12(8)15/h6H,5,7H2,1-4H3. The molecular formula is C14H17BrO6. The third-order valence-corrected chi connectivity index (χ3v) is 3.47. The first kappa shape index (κ1) is 17.3. The van der Waals surface area contributed by atoms with Crippen LogP contribution >= 0.6 is 15.9 Å². The van der Waals surface area contributed by atoms with Crippen molar-refractivity contribution in [1.29, 1.82) is 0 Å². The van der Waals surface area contributed by atoms with Crippen LogP contribution in [-0.4, -0.2) is 39.7 Å². The summed E-state index contributed by atoms with van der Waals surface area (Å²) in [6, 6.07) is 1.49. The van der Waals surface area contributed by atoms with Crippen molar-refractivity contribution in [2.24, 2.45) is 0 Å². The molecule has 1 aromatic rings. The van der Waals surface area contributed by atoms with Gasteiger partial charge < -0.3 is 18.9 Å². The zero-order chi connectivity index (χ0) is 16.0. The van der Waals surface area contributed by atoms with Gasteiger partial charge in [0.05, 0.1) is 32.4 Å². The number of halogens is 1. The summed E-state index contributed by atoms with van der Waals surface area (Å²) in [6.07, 6.45) is -0.356.